The number of pyridine rings is 1. The van der Waals surface area contributed by atoms with Crippen LogP contribution in [0.25, 0.3) is 11.5 Å². The summed E-state index contributed by atoms with van der Waals surface area (Å²) in [6.07, 6.45) is 7.56. The minimum atomic E-state index is -0.280. The molecule has 1 N–H and O–H groups in total. The highest BCUT2D eigenvalue weighted by atomic mass is 32.2. The van der Waals surface area contributed by atoms with E-state index < -0.39 is 0 Å². The monoisotopic (exact) mass is 413 g/mol. The summed E-state index contributed by atoms with van der Waals surface area (Å²) in [7, 11) is 1.98. The molecule has 0 radical (unpaired) electrons. The van der Waals surface area contributed by atoms with Gasteiger partial charge in [-0.25, -0.2) is 9.97 Å². The van der Waals surface area contributed by atoms with Gasteiger partial charge in [-0.1, -0.05) is 6.07 Å². The fraction of sp³-hybridized carbons (Fsp3) is 0.545. The fourth-order valence-electron chi connectivity index (χ4n) is 3.64. The molecule has 0 saturated heterocycles. The number of likely N-dealkylation sites (N-methyl/N-ethyl adjacent to an activating group) is 1. The van der Waals surface area contributed by atoms with Crippen LogP contribution in [0.1, 0.15) is 44.9 Å². The Morgan fingerprint density at radius 3 is 2.72 bits per heavy atom. The van der Waals surface area contributed by atoms with Gasteiger partial charge in [0.1, 0.15) is 17.6 Å². The average Bonchev–Trinajstić information content (AvgIpc) is 3.15. The van der Waals surface area contributed by atoms with Crippen LogP contribution in [0.5, 0.6) is 0 Å². The number of hydrogen-bond acceptors (Lipinski definition) is 6. The molecule has 3 rings (SSSR count). The minimum absolute atomic E-state index is 0.0406. The van der Waals surface area contributed by atoms with Crippen molar-refractivity contribution in [3.05, 3.63) is 35.7 Å². The molecule has 0 aromatic carbocycles. The Bertz CT molecular complexity index is 850. The van der Waals surface area contributed by atoms with Crippen LogP contribution in [0.3, 0.4) is 0 Å². The summed E-state index contributed by atoms with van der Waals surface area (Å²) >= 11 is 1.75. The Labute approximate surface area is 177 Å². The molecule has 1 amide bonds. The second kappa shape index (κ2) is 9.11. The second-order valence-electron chi connectivity index (χ2n) is 8.51. The predicted molar refractivity (Wildman–Crippen MR) is 120 cm³/mol. The smallest absolute Gasteiger partial charge is 0.243 e. The van der Waals surface area contributed by atoms with Crippen molar-refractivity contribution >= 4 is 23.5 Å². The molecule has 0 saturated carbocycles. The van der Waals surface area contributed by atoms with Crippen LogP contribution in [0.2, 0.25) is 0 Å². The van der Waals surface area contributed by atoms with Gasteiger partial charge in [0.15, 0.2) is 5.82 Å². The number of carbonyl (C=O) groups is 1. The highest BCUT2D eigenvalue weighted by Crippen LogP contribution is 2.32. The molecule has 0 bridgehead atoms. The molecule has 29 heavy (non-hydrogen) atoms. The van der Waals surface area contributed by atoms with Crippen molar-refractivity contribution < 1.29 is 4.79 Å². The first-order chi connectivity index (χ1) is 13.8. The number of thioether (sulfide) groups is 1. The van der Waals surface area contributed by atoms with E-state index in [1.54, 1.807) is 18.0 Å². The van der Waals surface area contributed by atoms with Crippen molar-refractivity contribution in [3.63, 3.8) is 0 Å². The molecule has 0 spiro atoms. The van der Waals surface area contributed by atoms with Gasteiger partial charge in [0, 0.05) is 30.0 Å². The maximum absolute atomic E-state index is 13.1. The predicted octanol–water partition coefficient (Wildman–Crippen LogP) is 3.50. The van der Waals surface area contributed by atoms with Gasteiger partial charge >= 0.3 is 0 Å². The summed E-state index contributed by atoms with van der Waals surface area (Å²) in [5.74, 6) is 2.45. The Hall–Kier alpha value is -2.15. The molecule has 1 aliphatic carbocycles. The third-order valence-electron chi connectivity index (χ3n) is 5.00. The Kier molecular flexibility index (Phi) is 6.77. The summed E-state index contributed by atoms with van der Waals surface area (Å²) in [4.78, 5) is 29.3. The van der Waals surface area contributed by atoms with Crippen molar-refractivity contribution in [2.75, 3.05) is 24.0 Å². The van der Waals surface area contributed by atoms with E-state index in [1.165, 1.54) is 5.56 Å². The molecule has 7 heteroatoms. The van der Waals surface area contributed by atoms with Gasteiger partial charge in [-0.05, 0) is 70.6 Å². The van der Waals surface area contributed by atoms with Crippen LogP contribution in [0.15, 0.2) is 24.4 Å². The van der Waals surface area contributed by atoms with Crippen molar-refractivity contribution in [2.45, 2.75) is 58.0 Å². The van der Waals surface area contributed by atoms with Gasteiger partial charge in [-0.2, -0.15) is 11.8 Å². The molecule has 1 aliphatic rings. The van der Waals surface area contributed by atoms with Gasteiger partial charge in [-0.3, -0.25) is 9.78 Å². The molecule has 2 heterocycles. The van der Waals surface area contributed by atoms with E-state index in [0.29, 0.717) is 5.82 Å². The number of fused-ring (bicyclic) bond motifs is 1. The summed E-state index contributed by atoms with van der Waals surface area (Å²) < 4.78 is 0. The number of nitrogens with zero attached hydrogens (tertiary/aromatic N) is 4. The zero-order valence-corrected chi connectivity index (χ0v) is 18.8. The van der Waals surface area contributed by atoms with Crippen LogP contribution in [-0.4, -0.2) is 51.5 Å². The first-order valence-electron chi connectivity index (χ1n) is 10.1. The molecule has 156 valence electrons. The summed E-state index contributed by atoms with van der Waals surface area (Å²) in [5, 5.41) is 3.15. The maximum atomic E-state index is 13.1. The number of anilines is 1. The molecule has 1 unspecified atom stereocenters. The number of rotatable bonds is 7. The third-order valence-corrected chi connectivity index (χ3v) is 5.65. The lowest BCUT2D eigenvalue weighted by Crippen LogP contribution is -2.52. The third kappa shape index (κ3) is 5.26. The van der Waals surface area contributed by atoms with Gasteiger partial charge in [0.05, 0.1) is 0 Å². The SMILES string of the molecule is CSCCC(C(=O)NC(C)(C)C)N(C)c1nc(-c2ccccn2)nc2c1CCC2. The molecule has 2 aromatic heterocycles. The number of hydrogen-bond donors (Lipinski definition) is 1. The first-order valence-corrected chi connectivity index (χ1v) is 11.5. The van der Waals surface area contributed by atoms with Gasteiger partial charge in [0.25, 0.3) is 0 Å². The van der Waals surface area contributed by atoms with Crippen LogP contribution in [0.4, 0.5) is 5.82 Å². The van der Waals surface area contributed by atoms with Gasteiger partial charge in [0.2, 0.25) is 5.91 Å². The zero-order valence-electron chi connectivity index (χ0n) is 18.0. The Morgan fingerprint density at radius 1 is 1.28 bits per heavy atom. The van der Waals surface area contributed by atoms with E-state index in [0.717, 1.165) is 48.6 Å². The molecule has 0 fully saturated rings. The molecule has 2 aromatic rings. The van der Waals surface area contributed by atoms with Crippen molar-refractivity contribution in [1.29, 1.82) is 0 Å². The van der Waals surface area contributed by atoms with E-state index in [1.807, 2.05) is 46.0 Å². The molecule has 6 nitrogen and oxygen atoms in total. The number of aryl methyl sites for hydroxylation is 1. The topological polar surface area (TPSA) is 71.0 Å². The number of amides is 1. The van der Waals surface area contributed by atoms with Gasteiger partial charge in [-0.15, -0.1) is 0 Å². The Morgan fingerprint density at radius 2 is 2.07 bits per heavy atom. The lowest BCUT2D eigenvalue weighted by atomic mass is 10.1. The van der Waals surface area contributed by atoms with Crippen molar-refractivity contribution in [3.8, 4) is 11.5 Å². The van der Waals surface area contributed by atoms with E-state index >= 15 is 0 Å². The van der Waals surface area contributed by atoms with E-state index in [2.05, 4.69) is 21.5 Å². The highest BCUT2D eigenvalue weighted by Gasteiger charge is 2.30. The standard InChI is InChI=1S/C22H31N5OS/c1-22(2,3)26-21(28)18(12-14-29-5)27(4)20-15-9-8-11-16(15)24-19(25-20)17-10-6-7-13-23-17/h6-7,10,13,18H,8-9,11-12,14H2,1-5H3,(H,26,28). The molecule has 0 aliphatic heterocycles. The Balaban J connectivity index is 1.99. The first kappa shape index (κ1) is 21.6. The van der Waals surface area contributed by atoms with E-state index in [9.17, 15) is 4.79 Å². The van der Waals surface area contributed by atoms with Crippen molar-refractivity contribution in [2.24, 2.45) is 0 Å². The second-order valence-corrected chi connectivity index (χ2v) is 9.50. The number of aromatic nitrogens is 3. The fourth-order valence-corrected chi connectivity index (χ4v) is 4.10. The summed E-state index contributed by atoms with van der Waals surface area (Å²) in [6.45, 7) is 6.04. The van der Waals surface area contributed by atoms with Crippen LogP contribution < -0.4 is 10.2 Å². The quantitative estimate of drug-likeness (QED) is 0.749. The lowest BCUT2D eigenvalue weighted by Gasteiger charge is -2.32. The minimum Gasteiger partial charge on any atom is -0.350 e. The lowest BCUT2D eigenvalue weighted by molar-refractivity contribution is -0.123. The molecular weight excluding hydrogens is 382 g/mol. The molecular formula is C22H31N5OS. The zero-order chi connectivity index (χ0) is 21.0. The van der Waals surface area contributed by atoms with Crippen LogP contribution in [-0.2, 0) is 17.6 Å². The van der Waals surface area contributed by atoms with E-state index in [-0.39, 0.29) is 17.5 Å². The summed E-state index contributed by atoms with van der Waals surface area (Å²) in [5.41, 5.74) is 2.74. The molecule has 1 atom stereocenters. The van der Waals surface area contributed by atoms with Gasteiger partial charge < -0.3 is 10.2 Å². The maximum Gasteiger partial charge on any atom is 0.243 e. The average molecular weight is 414 g/mol. The number of nitrogens with one attached hydrogen (secondary N) is 1. The van der Waals surface area contributed by atoms with E-state index in [4.69, 9.17) is 9.97 Å². The highest BCUT2D eigenvalue weighted by molar-refractivity contribution is 7.98. The number of carbonyl (C=O) groups excluding carboxylic acids is 1. The van der Waals surface area contributed by atoms with Crippen LogP contribution in [0, 0.1) is 0 Å². The van der Waals surface area contributed by atoms with Crippen LogP contribution >= 0.6 is 11.8 Å². The normalized spacial score (nSPS) is 14.4. The largest absolute Gasteiger partial charge is 0.350 e. The van der Waals surface area contributed by atoms with Crippen molar-refractivity contribution in [1.82, 2.24) is 20.3 Å². The summed E-state index contributed by atoms with van der Waals surface area (Å²) in [6, 6.07) is 5.48.